The highest BCUT2D eigenvalue weighted by atomic mass is 31.2. The largest absolute Gasteiger partial charge is 0.472 e. The average Bonchev–Trinajstić information content (AvgIpc) is 1.14. The summed E-state index contributed by atoms with van der Waals surface area (Å²) >= 11 is 0. The zero-order valence-corrected chi connectivity index (χ0v) is 64.8. The Balaban J connectivity index is 5.22. The van der Waals surface area contributed by atoms with Crippen molar-refractivity contribution in [2.75, 3.05) is 39.6 Å². The number of unbranched alkanes of at least 4 members (excludes halogenated alkanes) is 38. The maximum atomic E-state index is 13.1. The van der Waals surface area contributed by atoms with Crippen LogP contribution in [0.15, 0.2) is 0 Å². The van der Waals surface area contributed by atoms with Crippen LogP contribution in [0, 0.1) is 23.7 Å². The standard InChI is InChI=1S/C77H150O17P2/c1-9-69(7)55-47-39-30-24-20-16-12-14-18-22-26-34-44-52-59-76(81)93-72(63-87-74(79)57-49-41-32-28-27-31-40-48-56-70(8)10-2)65-91-95(83,84)89-61-71(78)62-90-96(85,86)92-66-73(64-88-75(80)58-50-42-36-35-38-46-54-68(5)6)94-77(82)60-51-43-33-25-21-17-13-11-15-19-23-29-37-45-53-67(3)4/h67-73,78H,9-66H2,1-8H3,(H,83,84)(H,85,86)/t69?,70?,71-,72-,73-/m1/s1. The number of hydrogen-bond acceptors (Lipinski definition) is 15. The SMILES string of the molecule is CCC(C)CCCCCCCCCCCCCCCCC(=O)O[C@H](COC(=O)CCCCCCCCCCC(C)CC)COP(=O)(O)OC[C@@H](O)COP(=O)(O)OC[C@@H](COC(=O)CCCCCCCCC(C)C)OC(=O)CCCCCCCCCCCCCCCCC(C)C. The van der Waals surface area contributed by atoms with Crippen LogP contribution in [-0.4, -0.2) is 96.7 Å². The van der Waals surface area contributed by atoms with E-state index >= 15 is 0 Å². The van der Waals surface area contributed by atoms with E-state index in [4.69, 9.17) is 37.0 Å². The molecule has 0 spiro atoms. The first-order valence-electron chi connectivity index (χ1n) is 39.8. The van der Waals surface area contributed by atoms with E-state index in [-0.39, 0.29) is 25.7 Å². The van der Waals surface area contributed by atoms with E-state index in [0.717, 1.165) is 114 Å². The first-order chi connectivity index (χ1) is 46.2. The molecule has 0 radical (unpaired) electrons. The molecule has 0 heterocycles. The quantitative estimate of drug-likeness (QED) is 0.0222. The number of carbonyl (C=O) groups is 4. The Bertz CT molecular complexity index is 1890. The van der Waals surface area contributed by atoms with E-state index in [1.807, 2.05) is 0 Å². The number of rotatable bonds is 74. The summed E-state index contributed by atoms with van der Waals surface area (Å²) in [4.78, 5) is 72.8. The predicted octanol–water partition coefficient (Wildman–Crippen LogP) is 22.4. The molecule has 0 fully saturated rings. The molecule has 0 aliphatic heterocycles. The molecule has 0 aliphatic carbocycles. The van der Waals surface area contributed by atoms with Crippen molar-refractivity contribution in [3.63, 3.8) is 0 Å². The minimum Gasteiger partial charge on any atom is -0.462 e. The second-order valence-electron chi connectivity index (χ2n) is 29.2. The molecule has 0 amide bonds. The van der Waals surface area contributed by atoms with Crippen LogP contribution in [0.5, 0.6) is 0 Å². The summed E-state index contributed by atoms with van der Waals surface area (Å²) in [6.07, 6.45) is 51.4. The topological polar surface area (TPSA) is 237 Å². The molecule has 96 heavy (non-hydrogen) atoms. The zero-order chi connectivity index (χ0) is 71.0. The number of phosphoric acid groups is 2. The molecular formula is C77H150O17P2. The maximum Gasteiger partial charge on any atom is 0.472 e. The van der Waals surface area contributed by atoms with Gasteiger partial charge >= 0.3 is 39.5 Å². The third-order valence-electron chi connectivity index (χ3n) is 18.5. The summed E-state index contributed by atoms with van der Waals surface area (Å²) in [7, 11) is -9.91. The first-order valence-corrected chi connectivity index (χ1v) is 42.8. The van der Waals surface area contributed by atoms with Crippen molar-refractivity contribution in [1.82, 2.24) is 0 Å². The van der Waals surface area contributed by atoms with Gasteiger partial charge in [0.25, 0.3) is 0 Å². The van der Waals surface area contributed by atoms with Crippen LogP contribution in [0.25, 0.3) is 0 Å². The molecule has 0 rings (SSSR count). The summed E-state index contributed by atoms with van der Waals surface area (Å²) < 4.78 is 68.5. The van der Waals surface area contributed by atoms with Crippen molar-refractivity contribution in [3.05, 3.63) is 0 Å². The predicted molar refractivity (Wildman–Crippen MR) is 391 cm³/mol. The van der Waals surface area contributed by atoms with Crippen molar-refractivity contribution in [2.24, 2.45) is 23.7 Å². The molecular weight excluding hydrogens is 1260 g/mol. The van der Waals surface area contributed by atoms with E-state index in [0.29, 0.717) is 31.6 Å². The van der Waals surface area contributed by atoms with E-state index < -0.39 is 97.5 Å². The molecule has 0 aliphatic rings. The first kappa shape index (κ1) is 94.1. The van der Waals surface area contributed by atoms with Crippen molar-refractivity contribution in [1.29, 1.82) is 0 Å². The lowest BCUT2D eigenvalue weighted by molar-refractivity contribution is -0.161. The number of esters is 4. The lowest BCUT2D eigenvalue weighted by Crippen LogP contribution is -2.30. The van der Waals surface area contributed by atoms with Gasteiger partial charge in [-0.1, -0.05) is 338 Å². The Kier molecular flexibility index (Phi) is 65.0. The number of ether oxygens (including phenoxy) is 4. The van der Waals surface area contributed by atoms with Gasteiger partial charge in [0.15, 0.2) is 12.2 Å². The number of aliphatic hydroxyl groups excluding tert-OH is 1. The normalized spacial score (nSPS) is 14.7. The third kappa shape index (κ3) is 67.9. The molecule has 0 bridgehead atoms. The van der Waals surface area contributed by atoms with Gasteiger partial charge < -0.3 is 33.8 Å². The highest BCUT2D eigenvalue weighted by Crippen LogP contribution is 2.45. The molecule has 7 atom stereocenters. The summed E-state index contributed by atoms with van der Waals surface area (Å²) in [6.45, 7) is 14.2. The van der Waals surface area contributed by atoms with Crippen molar-refractivity contribution in [3.8, 4) is 0 Å². The van der Waals surface area contributed by atoms with Crippen molar-refractivity contribution in [2.45, 2.75) is 408 Å². The number of aliphatic hydroxyl groups is 1. The van der Waals surface area contributed by atoms with Gasteiger partial charge in [-0.2, -0.15) is 0 Å². The van der Waals surface area contributed by atoms with Gasteiger partial charge in [0.1, 0.15) is 19.3 Å². The Labute approximate surface area is 588 Å². The van der Waals surface area contributed by atoms with E-state index in [1.165, 1.54) is 186 Å². The van der Waals surface area contributed by atoms with Crippen LogP contribution >= 0.6 is 15.6 Å². The molecule has 17 nitrogen and oxygen atoms in total. The lowest BCUT2D eigenvalue weighted by atomic mass is 9.99. The summed E-state index contributed by atoms with van der Waals surface area (Å²) in [6, 6.07) is 0. The molecule has 0 aromatic heterocycles. The minimum absolute atomic E-state index is 0.106. The molecule has 0 aromatic carbocycles. The van der Waals surface area contributed by atoms with E-state index in [2.05, 4.69) is 55.4 Å². The molecule has 570 valence electrons. The smallest absolute Gasteiger partial charge is 0.462 e. The van der Waals surface area contributed by atoms with Crippen LogP contribution in [0.2, 0.25) is 0 Å². The third-order valence-corrected chi connectivity index (χ3v) is 20.4. The van der Waals surface area contributed by atoms with Crippen molar-refractivity contribution >= 4 is 39.5 Å². The average molecular weight is 1410 g/mol. The van der Waals surface area contributed by atoms with Gasteiger partial charge in [0.2, 0.25) is 0 Å². The second kappa shape index (κ2) is 66.3. The van der Waals surface area contributed by atoms with Gasteiger partial charge in [-0.05, 0) is 49.4 Å². The van der Waals surface area contributed by atoms with Gasteiger partial charge in [-0.15, -0.1) is 0 Å². The summed E-state index contributed by atoms with van der Waals surface area (Å²) in [5.74, 6) is 0.976. The molecule has 3 N–H and O–H groups in total. The fourth-order valence-electron chi connectivity index (χ4n) is 11.7. The molecule has 4 unspecified atom stereocenters. The molecule has 19 heteroatoms. The number of carbonyl (C=O) groups excluding carboxylic acids is 4. The van der Waals surface area contributed by atoms with Gasteiger partial charge in [0, 0.05) is 25.7 Å². The van der Waals surface area contributed by atoms with Crippen LogP contribution in [0.4, 0.5) is 0 Å². The monoisotopic (exact) mass is 1410 g/mol. The highest BCUT2D eigenvalue weighted by molar-refractivity contribution is 7.47. The van der Waals surface area contributed by atoms with Crippen LogP contribution < -0.4 is 0 Å². The van der Waals surface area contributed by atoms with Crippen LogP contribution in [-0.2, 0) is 65.4 Å². The van der Waals surface area contributed by atoms with E-state index in [9.17, 15) is 43.2 Å². The van der Waals surface area contributed by atoms with Gasteiger partial charge in [-0.25, -0.2) is 9.13 Å². The zero-order valence-electron chi connectivity index (χ0n) is 63.0. The highest BCUT2D eigenvalue weighted by Gasteiger charge is 2.30. The number of hydrogen-bond donors (Lipinski definition) is 3. The van der Waals surface area contributed by atoms with Gasteiger partial charge in [0.05, 0.1) is 26.4 Å². The fraction of sp³-hybridized carbons (Fsp3) is 0.948. The molecule has 0 saturated carbocycles. The summed E-state index contributed by atoms with van der Waals surface area (Å²) in [5, 5.41) is 10.6. The lowest BCUT2D eigenvalue weighted by Gasteiger charge is -2.21. The number of phosphoric ester groups is 2. The Hall–Kier alpha value is -1.94. The maximum absolute atomic E-state index is 13.1. The molecule has 0 aromatic rings. The molecule has 0 saturated heterocycles. The Morgan fingerprint density at radius 2 is 0.500 bits per heavy atom. The minimum atomic E-state index is -4.96. The fourth-order valence-corrected chi connectivity index (χ4v) is 13.2. The van der Waals surface area contributed by atoms with Crippen LogP contribution in [0.1, 0.15) is 389 Å². The van der Waals surface area contributed by atoms with Crippen LogP contribution in [0.3, 0.4) is 0 Å². The second-order valence-corrected chi connectivity index (χ2v) is 32.1. The van der Waals surface area contributed by atoms with E-state index in [1.54, 1.807) is 0 Å². The van der Waals surface area contributed by atoms with Crippen molar-refractivity contribution < 1.29 is 80.2 Å². The van der Waals surface area contributed by atoms with Gasteiger partial charge in [-0.3, -0.25) is 37.3 Å². The Morgan fingerprint density at radius 1 is 0.292 bits per heavy atom. The Morgan fingerprint density at radius 3 is 0.740 bits per heavy atom. The summed E-state index contributed by atoms with van der Waals surface area (Å²) in [5.41, 5.74) is 0.